The van der Waals surface area contributed by atoms with Crippen molar-refractivity contribution in [3.8, 4) is 0 Å². The SMILES string of the molecule is C=C(N[C@@H](CC(C)NC)C(O)CC(=O)NCc1ccccc1)C(C)C. The first-order valence-electron chi connectivity index (χ1n) is 8.94. The summed E-state index contributed by atoms with van der Waals surface area (Å²) < 4.78 is 0. The summed E-state index contributed by atoms with van der Waals surface area (Å²) in [5, 5.41) is 19.9. The van der Waals surface area contributed by atoms with Crippen molar-refractivity contribution >= 4 is 5.91 Å². The zero-order valence-corrected chi connectivity index (χ0v) is 15.9. The van der Waals surface area contributed by atoms with Gasteiger partial charge in [0.15, 0.2) is 0 Å². The average molecular weight is 348 g/mol. The highest BCUT2D eigenvalue weighted by atomic mass is 16.3. The van der Waals surface area contributed by atoms with Gasteiger partial charge in [-0.2, -0.15) is 0 Å². The highest BCUT2D eigenvalue weighted by molar-refractivity contribution is 5.76. The molecule has 0 radical (unpaired) electrons. The van der Waals surface area contributed by atoms with Crippen molar-refractivity contribution in [3.63, 3.8) is 0 Å². The highest BCUT2D eigenvalue weighted by Gasteiger charge is 2.24. The zero-order valence-electron chi connectivity index (χ0n) is 15.9. The molecule has 0 bridgehead atoms. The van der Waals surface area contributed by atoms with Gasteiger partial charge in [-0.3, -0.25) is 4.79 Å². The van der Waals surface area contributed by atoms with Gasteiger partial charge in [0, 0.05) is 18.3 Å². The van der Waals surface area contributed by atoms with Gasteiger partial charge in [0.2, 0.25) is 5.91 Å². The van der Waals surface area contributed by atoms with Crippen LogP contribution in [0.2, 0.25) is 0 Å². The molecule has 0 aliphatic carbocycles. The van der Waals surface area contributed by atoms with E-state index >= 15 is 0 Å². The summed E-state index contributed by atoms with van der Waals surface area (Å²) in [5.74, 6) is 0.113. The van der Waals surface area contributed by atoms with Gasteiger partial charge in [-0.05, 0) is 31.9 Å². The summed E-state index contributed by atoms with van der Waals surface area (Å²) in [6.07, 6.45) is -0.0103. The minimum atomic E-state index is -0.776. The summed E-state index contributed by atoms with van der Waals surface area (Å²) in [4.78, 5) is 12.2. The van der Waals surface area contributed by atoms with E-state index in [1.807, 2.05) is 51.2 Å². The van der Waals surface area contributed by atoms with E-state index < -0.39 is 6.10 Å². The topological polar surface area (TPSA) is 73.4 Å². The Morgan fingerprint density at radius 3 is 2.40 bits per heavy atom. The van der Waals surface area contributed by atoms with Crippen LogP contribution in [0.5, 0.6) is 0 Å². The molecule has 25 heavy (non-hydrogen) atoms. The summed E-state index contributed by atoms with van der Waals surface area (Å²) in [5.41, 5.74) is 1.91. The molecule has 3 atom stereocenters. The first-order valence-corrected chi connectivity index (χ1v) is 8.94. The standard InChI is InChI=1S/C20H33N3O2/c1-14(2)16(4)23-18(11-15(3)21-5)19(24)12-20(25)22-13-17-9-7-6-8-10-17/h6-10,14-15,18-19,21,23-24H,4,11-13H2,1-3,5H3,(H,22,25)/t15?,18-,19?/m0/s1. The molecule has 4 N–H and O–H groups in total. The molecule has 5 heteroatoms. The first kappa shape index (κ1) is 21.2. The Hall–Kier alpha value is -1.85. The van der Waals surface area contributed by atoms with E-state index in [4.69, 9.17) is 0 Å². The first-order chi connectivity index (χ1) is 11.8. The Balaban J connectivity index is 2.58. The maximum Gasteiger partial charge on any atom is 0.222 e. The molecule has 0 aliphatic rings. The smallest absolute Gasteiger partial charge is 0.222 e. The monoisotopic (exact) mass is 347 g/mol. The third kappa shape index (κ3) is 8.18. The molecular weight excluding hydrogens is 314 g/mol. The van der Waals surface area contributed by atoms with Gasteiger partial charge in [0.25, 0.3) is 0 Å². The van der Waals surface area contributed by atoms with Gasteiger partial charge >= 0.3 is 0 Å². The average Bonchev–Trinajstić information content (AvgIpc) is 2.59. The van der Waals surface area contributed by atoms with Crippen molar-refractivity contribution in [2.45, 2.75) is 58.3 Å². The van der Waals surface area contributed by atoms with Crippen LogP contribution in [0, 0.1) is 5.92 Å². The Bertz CT molecular complexity index is 531. The van der Waals surface area contributed by atoms with Crippen LogP contribution in [-0.4, -0.2) is 36.2 Å². The lowest BCUT2D eigenvalue weighted by Gasteiger charge is -2.29. The molecule has 0 saturated carbocycles. The predicted molar refractivity (Wildman–Crippen MR) is 103 cm³/mol. The van der Waals surface area contributed by atoms with Crippen molar-refractivity contribution in [2.75, 3.05) is 7.05 Å². The van der Waals surface area contributed by atoms with Crippen LogP contribution in [0.4, 0.5) is 0 Å². The largest absolute Gasteiger partial charge is 0.390 e. The summed E-state index contributed by atoms with van der Waals surface area (Å²) in [7, 11) is 1.89. The molecule has 1 rings (SSSR count). The van der Waals surface area contributed by atoms with Crippen LogP contribution in [0.3, 0.4) is 0 Å². The number of hydrogen-bond acceptors (Lipinski definition) is 4. The number of carbonyl (C=O) groups excluding carboxylic acids is 1. The fraction of sp³-hybridized carbons (Fsp3) is 0.550. The lowest BCUT2D eigenvalue weighted by molar-refractivity contribution is -0.123. The molecule has 140 valence electrons. The van der Waals surface area contributed by atoms with Crippen LogP contribution < -0.4 is 16.0 Å². The Morgan fingerprint density at radius 2 is 1.84 bits per heavy atom. The molecule has 1 aromatic rings. The third-order valence-electron chi connectivity index (χ3n) is 4.36. The highest BCUT2D eigenvalue weighted by Crippen LogP contribution is 2.12. The second-order valence-electron chi connectivity index (χ2n) is 6.89. The summed E-state index contributed by atoms with van der Waals surface area (Å²) in [6.45, 7) is 10.6. The van der Waals surface area contributed by atoms with Gasteiger partial charge in [0.1, 0.15) is 0 Å². The number of hydrogen-bond donors (Lipinski definition) is 4. The molecule has 5 nitrogen and oxygen atoms in total. The zero-order chi connectivity index (χ0) is 18.8. The Morgan fingerprint density at radius 1 is 1.20 bits per heavy atom. The normalized spacial score (nSPS) is 14.6. The van der Waals surface area contributed by atoms with E-state index in [1.54, 1.807) is 0 Å². The van der Waals surface area contributed by atoms with Gasteiger partial charge in [-0.15, -0.1) is 0 Å². The second kappa shape index (κ2) is 10.9. The number of carbonyl (C=O) groups is 1. The van der Waals surface area contributed by atoms with Crippen molar-refractivity contribution in [3.05, 3.63) is 48.2 Å². The van der Waals surface area contributed by atoms with E-state index in [2.05, 4.69) is 29.5 Å². The molecule has 0 fully saturated rings. The number of benzene rings is 1. The van der Waals surface area contributed by atoms with E-state index in [9.17, 15) is 9.90 Å². The lowest BCUT2D eigenvalue weighted by Crippen LogP contribution is -2.46. The quantitative estimate of drug-likeness (QED) is 0.495. The fourth-order valence-electron chi connectivity index (χ4n) is 2.42. The molecule has 2 unspecified atom stereocenters. The second-order valence-corrected chi connectivity index (χ2v) is 6.89. The molecule has 0 heterocycles. The molecule has 1 amide bonds. The molecule has 0 aromatic heterocycles. The van der Waals surface area contributed by atoms with E-state index in [0.29, 0.717) is 13.0 Å². The van der Waals surface area contributed by atoms with Gasteiger partial charge in [0.05, 0.1) is 18.6 Å². The molecule has 1 aromatic carbocycles. The molecule has 0 aliphatic heterocycles. The fourth-order valence-corrected chi connectivity index (χ4v) is 2.42. The van der Waals surface area contributed by atoms with Crippen molar-refractivity contribution in [1.29, 1.82) is 0 Å². The predicted octanol–water partition coefficient (Wildman–Crippen LogP) is 2.18. The van der Waals surface area contributed by atoms with E-state index in [0.717, 1.165) is 11.3 Å². The molecular formula is C20H33N3O2. The maximum absolute atomic E-state index is 12.2. The molecule has 0 spiro atoms. The number of aliphatic hydroxyl groups excluding tert-OH is 1. The number of rotatable bonds is 11. The summed E-state index contributed by atoms with van der Waals surface area (Å²) >= 11 is 0. The summed E-state index contributed by atoms with van der Waals surface area (Å²) in [6, 6.07) is 9.74. The van der Waals surface area contributed by atoms with E-state index in [1.165, 1.54) is 0 Å². The number of allylic oxidation sites excluding steroid dienone is 1. The minimum absolute atomic E-state index is 0.0618. The van der Waals surface area contributed by atoms with Gasteiger partial charge < -0.3 is 21.1 Å². The number of aliphatic hydroxyl groups is 1. The van der Waals surface area contributed by atoms with Crippen LogP contribution in [0.25, 0.3) is 0 Å². The van der Waals surface area contributed by atoms with E-state index in [-0.39, 0.29) is 30.3 Å². The Labute approximate surface area is 151 Å². The van der Waals surface area contributed by atoms with Crippen LogP contribution >= 0.6 is 0 Å². The third-order valence-corrected chi connectivity index (χ3v) is 4.36. The van der Waals surface area contributed by atoms with Crippen molar-refractivity contribution < 1.29 is 9.90 Å². The molecule has 0 saturated heterocycles. The van der Waals surface area contributed by atoms with Crippen molar-refractivity contribution in [2.24, 2.45) is 5.92 Å². The van der Waals surface area contributed by atoms with Crippen LogP contribution in [-0.2, 0) is 11.3 Å². The number of amides is 1. The maximum atomic E-state index is 12.2. The minimum Gasteiger partial charge on any atom is -0.390 e. The Kier molecular flexibility index (Phi) is 9.24. The van der Waals surface area contributed by atoms with Gasteiger partial charge in [-0.1, -0.05) is 50.8 Å². The lowest BCUT2D eigenvalue weighted by atomic mass is 9.98. The van der Waals surface area contributed by atoms with Gasteiger partial charge in [-0.25, -0.2) is 0 Å². The van der Waals surface area contributed by atoms with Crippen LogP contribution in [0.15, 0.2) is 42.6 Å². The van der Waals surface area contributed by atoms with Crippen molar-refractivity contribution in [1.82, 2.24) is 16.0 Å². The number of nitrogens with one attached hydrogen (secondary N) is 3. The van der Waals surface area contributed by atoms with Crippen LogP contribution in [0.1, 0.15) is 39.2 Å².